The Balaban J connectivity index is 2.02. The Kier molecular flexibility index (Phi) is 4.99. The van der Waals surface area contributed by atoms with E-state index >= 15 is 0 Å². The van der Waals surface area contributed by atoms with Crippen LogP contribution in [-0.2, 0) is 6.54 Å². The van der Waals surface area contributed by atoms with Crippen LogP contribution in [0.15, 0.2) is 15.5 Å². The second-order valence-electron chi connectivity index (χ2n) is 5.05. The summed E-state index contributed by atoms with van der Waals surface area (Å²) in [4.78, 5) is 14.4. The summed E-state index contributed by atoms with van der Waals surface area (Å²) in [6.45, 7) is 8.00. The highest BCUT2D eigenvalue weighted by Crippen LogP contribution is 2.18. The van der Waals surface area contributed by atoms with Crippen molar-refractivity contribution in [1.29, 1.82) is 0 Å². The van der Waals surface area contributed by atoms with Crippen LogP contribution < -0.4 is 10.9 Å². The number of aromatic nitrogens is 2. The average Bonchev–Trinajstić information content (AvgIpc) is 2.88. The van der Waals surface area contributed by atoms with Crippen molar-refractivity contribution in [2.45, 2.75) is 39.3 Å². The summed E-state index contributed by atoms with van der Waals surface area (Å²) in [5.41, 5.74) is 0.697. The highest BCUT2D eigenvalue weighted by Gasteiger charge is 2.16. The fraction of sp³-hybridized carbons (Fsp3) is 0.692. The molecule has 0 amide bonds. The molecule has 1 N–H and O–H groups in total. The molecule has 1 aliphatic rings. The highest BCUT2D eigenvalue weighted by molar-refractivity contribution is 9.10. The molecule has 1 unspecified atom stereocenters. The maximum atomic E-state index is 11.9. The van der Waals surface area contributed by atoms with E-state index in [0.29, 0.717) is 17.1 Å². The van der Waals surface area contributed by atoms with Crippen molar-refractivity contribution in [1.82, 2.24) is 14.7 Å². The number of halogens is 1. The lowest BCUT2D eigenvalue weighted by Gasteiger charge is -2.22. The smallest absolute Gasteiger partial charge is 0.283 e. The van der Waals surface area contributed by atoms with Crippen molar-refractivity contribution in [3.63, 3.8) is 0 Å². The van der Waals surface area contributed by atoms with E-state index in [-0.39, 0.29) is 5.56 Å². The molecule has 1 aromatic rings. The first kappa shape index (κ1) is 14.5. The molecular weight excluding hydrogens is 308 g/mol. The summed E-state index contributed by atoms with van der Waals surface area (Å²) in [6, 6.07) is 0.299. The first-order chi connectivity index (χ1) is 9.11. The Bertz CT molecular complexity index is 482. The van der Waals surface area contributed by atoms with Gasteiger partial charge in [-0.25, -0.2) is 4.68 Å². The summed E-state index contributed by atoms with van der Waals surface area (Å²) < 4.78 is 2.01. The van der Waals surface area contributed by atoms with Crippen LogP contribution in [0.3, 0.4) is 0 Å². The van der Waals surface area contributed by atoms with E-state index in [0.717, 1.165) is 12.2 Å². The van der Waals surface area contributed by atoms with Crippen LogP contribution in [0.1, 0.15) is 26.7 Å². The summed E-state index contributed by atoms with van der Waals surface area (Å²) in [7, 11) is 0. The van der Waals surface area contributed by atoms with Gasteiger partial charge in [0.2, 0.25) is 0 Å². The third kappa shape index (κ3) is 3.57. The molecule has 1 fully saturated rings. The zero-order valence-electron chi connectivity index (χ0n) is 11.5. The van der Waals surface area contributed by atoms with Crippen LogP contribution in [0.2, 0.25) is 0 Å². The van der Waals surface area contributed by atoms with Gasteiger partial charge in [0.15, 0.2) is 0 Å². The summed E-state index contributed by atoms with van der Waals surface area (Å²) >= 11 is 3.36. The first-order valence-electron chi connectivity index (χ1n) is 6.86. The van der Waals surface area contributed by atoms with Crippen molar-refractivity contribution < 1.29 is 0 Å². The van der Waals surface area contributed by atoms with Gasteiger partial charge in [0.1, 0.15) is 4.47 Å². The van der Waals surface area contributed by atoms with Gasteiger partial charge in [-0.1, -0.05) is 0 Å². The van der Waals surface area contributed by atoms with E-state index in [1.165, 1.54) is 30.6 Å². The van der Waals surface area contributed by atoms with Gasteiger partial charge in [-0.05, 0) is 55.7 Å². The van der Waals surface area contributed by atoms with Gasteiger partial charge >= 0.3 is 0 Å². The molecule has 1 saturated heterocycles. The third-order valence-corrected chi connectivity index (χ3v) is 4.18. The van der Waals surface area contributed by atoms with Gasteiger partial charge in [-0.2, -0.15) is 5.10 Å². The lowest BCUT2D eigenvalue weighted by atomic mass is 10.3. The minimum Gasteiger partial charge on any atom is -0.379 e. The Morgan fingerprint density at radius 1 is 1.47 bits per heavy atom. The number of likely N-dealkylation sites (tertiary alicyclic amines) is 1. The quantitative estimate of drug-likeness (QED) is 0.897. The number of anilines is 1. The molecule has 1 aromatic heterocycles. The maximum absolute atomic E-state index is 11.9. The van der Waals surface area contributed by atoms with Crippen LogP contribution in [0.4, 0.5) is 5.69 Å². The monoisotopic (exact) mass is 328 g/mol. The standard InChI is InChI=1S/C13H21BrN4O/c1-3-18-13(19)12(14)11(8-15-18)16-10(2)9-17-6-4-5-7-17/h8,10,16H,3-7,9H2,1-2H3. The van der Waals surface area contributed by atoms with Crippen LogP contribution in [-0.4, -0.2) is 40.4 Å². The van der Waals surface area contributed by atoms with Crippen molar-refractivity contribution in [2.75, 3.05) is 25.0 Å². The fourth-order valence-corrected chi connectivity index (χ4v) is 2.88. The molecule has 0 spiro atoms. The molecule has 106 valence electrons. The minimum atomic E-state index is -0.0825. The summed E-state index contributed by atoms with van der Waals surface area (Å²) in [5, 5.41) is 7.51. The van der Waals surface area contributed by atoms with E-state index in [9.17, 15) is 4.79 Å². The number of hydrogen-bond donors (Lipinski definition) is 1. The molecule has 0 aromatic carbocycles. The predicted molar refractivity (Wildman–Crippen MR) is 80.6 cm³/mol. The molecule has 0 radical (unpaired) electrons. The number of hydrogen-bond acceptors (Lipinski definition) is 4. The Morgan fingerprint density at radius 2 is 2.16 bits per heavy atom. The number of rotatable bonds is 5. The fourth-order valence-electron chi connectivity index (χ4n) is 2.45. The van der Waals surface area contributed by atoms with Gasteiger partial charge in [-0.3, -0.25) is 4.79 Å². The van der Waals surface area contributed by atoms with Crippen molar-refractivity contribution in [2.24, 2.45) is 0 Å². The van der Waals surface area contributed by atoms with E-state index in [1.807, 2.05) is 6.92 Å². The molecule has 0 aliphatic carbocycles. The molecular formula is C13H21BrN4O. The molecule has 0 saturated carbocycles. The van der Waals surface area contributed by atoms with Gasteiger partial charge < -0.3 is 10.2 Å². The van der Waals surface area contributed by atoms with Crippen molar-refractivity contribution >= 4 is 21.6 Å². The number of nitrogens with one attached hydrogen (secondary N) is 1. The maximum Gasteiger partial charge on any atom is 0.283 e. The lowest BCUT2D eigenvalue weighted by Crippen LogP contribution is -2.34. The molecule has 1 aliphatic heterocycles. The number of nitrogens with zero attached hydrogens (tertiary/aromatic N) is 3. The van der Waals surface area contributed by atoms with E-state index in [4.69, 9.17) is 0 Å². The Labute approximate surface area is 122 Å². The molecule has 6 heteroatoms. The molecule has 0 bridgehead atoms. The SMILES string of the molecule is CCn1ncc(NC(C)CN2CCCC2)c(Br)c1=O. The largest absolute Gasteiger partial charge is 0.379 e. The molecule has 19 heavy (non-hydrogen) atoms. The first-order valence-corrected chi connectivity index (χ1v) is 7.65. The zero-order valence-corrected chi connectivity index (χ0v) is 13.1. The van der Waals surface area contributed by atoms with Crippen molar-refractivity contribution in [3.05, 3.63) is 21.0 Å². The zero-order chi connectivity index (χ0) is 13.8. The molecule has 5 nitrogen and oxygen atoms in total. The average molecular weight is 329 g/mol. The topological polar surface area (TPSA) is 50.2 Å². The van der Waals surface area contributed by atoms with Crippen LogP contribution in [0.25, 0.3) is 0 Å². The van der Waals surface area contributed by atoms with Gasteiger partial charge in [-0.15, -0.1) is 0 Å². The predicted octanol–water partition coefficient (Wildman–Crippen LogP) is 1.92. The van der Waals surface area contributed by atoms with Crippen LogP contribution in [0.5, 0.6) is 0 Å². The summed E-state index contributed by atoms with van der Waals surface area (Å²) in [5.74, 6) is 0. The number of aryl methyl sites for hydroxylation is 1. The van der Waals surface area contributed by atoms with Gasteiger partial charge in [0.25, 0.3) is 5.56 Å². The second kappa shape index (κ2) is 6.52. The van der Waals surface area contributed by atoms with Crippen LogP contribution in [0, 0.1) is 0 Å². The highest BCUT2D eigenvalue weighted by atomic mass is 79.9. The normalized spacial score (nSPS) is 17.6. The van der Waals surface area contributed by atoms with Gasteiger partial charge in [0, 0.05) is 19.1 Å². The second-order valence-corrected chi connectivity index (χ2v) is 5.84. The minimum absolute atomic E-state index is 0.0825. The third-order valence-electron chi connectivity index (χ3n) is 3.42. The molecule has 1 atom stereocenters. The lowest BCUT2D eigenvalue weighted by molar-refractivity contribution is 0.328. The molecule has 2 rings (SSSR count). The van der Waals surface area contributed by atoms with Crippen LogP contribution >= 0.6 is 15.9 Å². The van der Waals surface area contributed by atoms with Crippen molar-refractivity contribution in [3.8, 4) is 0 Å². The Morgan fingerprint density at radius 3 is 2.79 bits per heavy atom. The molecule has 2 heterocycles. The van der Waals surface area contributed by atoms with E-state index in [2.05, 4.69) is 38.2 Å². The Hall–Kier alpha value is -0.880. The van der Waals surface area contributed by atoms with Gasteiger partial charge in [0.05, 0.1) is 11.9 Å². The summed E-state index contributed by atoms with van der Waals surface area (Å²) in [6.07, 6.45) is 4.31. The van der Waals surface area contributed by atoms with E-state index < -0.39 is 0 Å². The van der Waals surface area contributed by atoms with E-state index in [1.54, 1.807) is 6.20 Å².